The van der Waals surface area contributed by atoms with Crippen LogP contribution >= 0.6 is 39.1 Å². The predicted molar refractivity (Wildman–Crippen MR) is 78.6 cm³/mol. The van der Waals surface area contributed by atoms with Gasteiger partial charge in [-0.1, -0.05) is 29.3 Å². The maximum Gasteiger partial charge on any atom is 0.103 e. The van der Waals surface area contributed by atoms with Crippen LogP contribution in [-0.2, 0) is 0 Å². The molecule has 0 aromatic heterocycles. The maximum absolute atomic E-state index is 9.12. The second-order valence-electron chi connectivity index (χ2n) is 3.52. The van der Waals surface area contributed by atoms with Crippen molar-refractivity contribution in [3.63, 3.8) is 0 Å². The molecule has 0 aliphatic rings. The van der Waals surface area contributed by atoms with Gasteiger partial charge in [0.05, 0.1) is 22.0 Å². The minimum absolute atomic E-state index is 0.522. The number of nitrogens with zero attached hydrogens (tertiary/aromatic N) is 1. The lowest BCUT2D eigenvalue weighted by Gasteiger charge is -2.11. The number of nitrogens with one attached hydrogen (secondary N) is 1. The van der Waals surface area contributed by atoms with Gasteiger partial charge in [0, 0.05) is 9.50 Å². The fourth-order valence-corrected chi connectivity index (χ4v) is 2.27. The minimum Gasteiger partial charge on any atom is -0.353 e. The summed E-state index contributed by atoms with van der Waals surface area (Å²) in [6.07, 6.45) is 0. The Balaban J connectivity index is 2.44. The molecule has 2 aromatic carbocycles. The molecular weight excluding hydrogens is 335 g/mol. The van der Waals surface area contributed by atoms with Crippen molar-refractivity contribution in [2.75, 3.05) is 5.32 Å². The molecule has 0 spiro atoms. The van der Waals surface area contributed by atoms with E-state index in [1.165, 1.54) is 0 Å². The zero-order valence-corrected chi connectivity index (χ0v) is 12.1. The van der Waals surface area contributed by atoms with Crippen molar-refractivity contribution in [1.82, 2.24) is 0 Å². The van der Waals surface area contributed by atoms with E-state index < -0.39 is 0 Å². The maximum atomic E-state index is 9.12. The molecule has 2 aromatic rings. The first-order valence-electron chi connectivity index (χ1n) is 5.02. The van der Waals surface area contributed by atoms with Crippen LogP contribution in [0.15, 0.2) is 40.9 Å². The lowest BCUT2D eigenvalue weighted by molar-refractivity contribution is 1.44. The van der Waals surface area contributed by atoms with Gasteiger partial charge in [-0.15, -0.1) is 0 Å². The van der Waals surface area contributed by atoms with Gasteiger partial charge in [0.2, 0.25) is 0 Å². The monoisotopic (exact) mass is 340 g/mol. The molecule has 90 valence electrons. The van der Waals surface area contributed by atoms with E-state index in [1.54, 1.807) is 24.3 Å². The minimum atomic E-state index is 0.522. The van der Waals surface area contributed by atoms with Gasteiger partial charge in [0.1, 0.15) is 6.07 Å². The van der Waals surface area contributed by atoms with Crippen LogP contribution in [-0.4, -0.2) is 0 Å². The van der Waals surface area contributed by atoms with Gasteiger partial charge in [0.15, 0.2) is 0 Å². The fourth-order valence-electron chi connectivity index (χ4n) is 1.48. The molecule has 0 atom stereocenters. The Morgan fingerprint density at radius 3 is 2.61 bits per heavy atom. The Morgan fingerprint density at radius 1 is 1.11 bits per heavy atom. The quantitative estimate of drug-likeness (QED) is 0.796. The van der Waals surface area contributed by atoms with Crippen LogP contribution in [0.5, 0.6) is 0 Å². The second-order valence-corrected chi connectivity index (χ2v) is 5.22. The summed E-state index contributed by atoms with van der Waals surface area (Å²) < 4.78 is 0.730. The van der Waals surface area contributed by atoms with E-state index in [0.29, 0.717) is 27.0 Å². The van der Waals surface area contributed by atoms with Crippen LogP contribution in [0.1, 0.15) is 5.56 Å². The number of hydrogen-bond acceptors (Lipinski definition) is 2. The van der Waals surface area contributed by atoms with Crippen LogP contribution in [0.25, 0.3) is 0 Å². The summed E-state index contributed by atoms with van der Waals surface area (Å²) in [5, 5.41) is 13.4. The molecule has 2 rings (SSSR count). The summed E-state index contributed by atoms with van der Waals surface area (Å²) >= 11 is 15.3. The lowest BCUT2D eigenvalue weighted by Crippen LogP contribution is -1.95. The Kier molecular flexibility index (Phi) is 4.13. The summed E-state index contributed by atoms with van der Waals surface area (Å²) in [4.78, 5) is 0. The number of halogens is 3. The normalized spacial score (nSPS) is 9.89. The zero-order valence-electron chi connectivity index (χ0n) is 9.05. The highest BCUT2D eigenvalue weighted by molar-refractivity contribution is 9.10. The van der Waals surface area contributed by atoms with Crippen molar-refractivity contribution >= 4 is 50.5 Å². The van der Waals surface area contributed by atoms with Crippen LogP contribution in [0.3, 0.4) is 0 Å². The molecule has 0 amide bonds. The van der Waals surface area contributed by atoms with Crippen LogP contribution < -0.4 is 5.32 Å². The van der Waals surface area contributed by atoms with Crippen molar-refractivity contribution in [3.05, 3.63) is 56.5 Å². The Labute approximate surface area is 123 Å². The highest BCUT2D eigenvalue weighted by Crippen LogP contribution is 2.31. The van der Waals surface area contributed by atoms with Gasteiger partial charge in [-0.3, -0.25) is 0 Å². The van der Waals surface area contributed by atoms with E-state index in [4.69, 9.17) is 28.5 Å². The molecule has 0 bridgehead atoms. The summed E-state index contributed by atoms with van der Waals surface area (Å²) in [6.45, 7) is 0. The van der Waals surface area contributed by atoms with E-state index in [0.717, 1.165) is 4.47 Å². The Bertz CT molecular complexity index is 635. The van der Waals surface area contributed by atoms with E-state index in [-0.39, 0.29) is 0 Å². The topological polar surface area (TPSA) is 35.8 Å². The lowest BCUT2D eigenvalue weighted by atomic mass is 10.2. The van der Waals surface area contributed by atoms with Gasteiger partial charge in [-0.2, -0.15) is 5.26 Å². The third kappa shape index (κ3) is 2.78. The van der Waals surface area contributed by atoms with Gasteiger partial charge < -0.3 is 5.32 Å². The number of anilines is 2. The van der Waals surface area contributed by atoms with E-state index in [9.17, 15) is 0 Å². The van der Waals surface area contributed by atoms with Crippen LogP contribution in [0.2, 0.25) is 10.0 Å². The SMILES string of the molecule is N#Cc1c(Br)cccc1Nc1cc(Cl)ccc1Cl. The zero-order chi connectivity index (χ0) is 13.1. The molecule has 0 unspecified atom stereocenters. The summed E-state index contributed by atoms with van der Waals surface area (Å²) in [6, 6.07) is 12.7. The molecular formula is C13H7BrCl2N2. The van der Waals surface area contributed by atoms with E-state index in [2.05, 4.69) is 27.3 Å². The first-order valence-corrected chi connectivity index (χ1v) is 6.57. The summed E-state index contributed by atoms with van der Waals surface area (Å²) in [7, 11) is 0. The first kappa shape index (κ1) is 13.2. The molecule has 0 radical (unpaired) electrons. The van der Waals surface area contributed by atoms with Crippen LogP contribution in [0.4, 0.5) is 11.4 Å². The van der Waals surface area contributed by atoms with Crippen molar-refractivity contribution in [2.24, 2.45) is 0 Å². The van der Waals surface area contributed by atoms with Crippen molar-refractivity contribution < 1.29 is 0 Å². The number of hydrogen-bond donors (Lipinski definition) is 1. The molecule has 0 fully saturated rings. The van der Waals surface area contributed by atoms with Crippen molar-refractivity contribution in [3.8, 4) is 6.07 Å². The molecule has 18 heavy (non-hydrogen) atoms. The van der Waals surface area contributed by atoms with Crippen molar-refractivity contribution in [1.29, 1.82) is 5.26 Å². The molecule has 0 aliphatic carbocycles. The first-order chi connectivity index (χ1) is 8.61. The fraction of sp³-hybridized carbons (Fsp3) is 0. The summed E-state index contributed by atoms with van der Waals surface area (Å²) in [5.41, 5.74) is 1.86. The Morgan fingerprint density at radius 2 is 1.89 bits per heavy atom. The average molecular weight is 342 g/mol. The van der Waals surface area contributed by atoms with Gasteiger partial charge >= 0.3 is 0 Å². The molecule has 0 saturated carbocycles. The molecule has 5 heteroatoms. The highest BCUT2D eigenvalue weighted by Gasteiger charge is 2.08. The molecule has 0 aliphatic heterocycles. The Hall–Kier alpha value is -1.21. The van der Waals surface area contributed by atoms with E-state index >= 15 is 0 Å². The molecule has 2 nitrogen and oxygen atoms in total. The highest BCUT2D eigenvalue weighted by atomic mass is 79.9. The molecule has 0 heterocycles. The predicted octanol–water partition coefficient (Wildman–Crippen LogP) is 5.37. The third-order valence-corrected chi connectivity index (χ3v) is 3.55. The largest absolute Gasteiger partial charge is 0.353 e. The van der Waals surface area contributed by atoms with Crippen molar-refractivity contribution in [2.45, 2.75) is 0 Å². The van der Waals surface area contributed by atoms with Crippen LogP contribution in [0, 0.1) is 11.3 Å². The van der Waals surface area contributed by atoms with E-state index in [1.807, 2.05) is 12.1 Å². The smallest absolute Gasteiger partial charge is 0.103 e. The summed E-state index contributed by atoms with van der Waals surface area (Å²) in [5.74, 6) is 0. The standard InChI is InChI=1S/C13H7BrCl2N2/c14-10-2-1-3-12(9(10)7-17)18-13-6-8(15)4-5-11(13)16/h1-6,18H. The molecule has 0 saturated heterocycles. The number of nitriles is 1. The molecule has 1 N–H and O–H groups in total. The average Bonchev–Trinajstić information content (AvgIpc) is 2.34. The van der Waals surface area contributed by atoms with Gasteiger partial charge in [-0.05, 0) is 46.3 Å². The second kappa shape index (κ2) is 5.62. The number of benzene rings is 2. The number of rotatable bonds is 2. The third-order valence-electron chi connectivity index (χ3n) is 2.32. The van der Waals surface area contributed by atoms with Gasteiger partial charge in [0.25, 0.3) is 0 Å². The van der Waals surface area contributed by atoms with Gasteiger partial charge in [-0.25, -0.2) is 0 Å².